The molecule has 0 aromatic carbocycles. The van der Waals surface area contributed by atoms with Gasteiger partial charge >= 0.3 is 0 Å². The minimum absolute atomic E-state index is 0.361. The number of anilines is 3. The molecule has 0 spiro atoms. The number of nitrogens with one attached hydrogen (secondary N) is 1. The van der Waals surface area contributed by atoms with E-state index in [1.165, 1.54) is 6.20 Å². The van der Waals surface area contributed by atoms with Crippen LogP contribution in [-0.2, 0) is 7.05 Å². The van der Waals surface area contributed by atoms with Crippen LogP contribution in [0.2, 0.25) is 0 Å². The molecule has 92 valence electrons. The molecule has 0 radical (unpaired) electrons. The number of aryl methyl sites for hydroxylation is 1. The zero-order chi connectivity index (χ0) is 13.1. The zero-order valence-electron chi connectivity index (χ0n) is 10.0. The summed E-state index contributed by atoms with van der Waals surface area (Å²) in [5, 5.41) is 16.1. The van der Waals surface area contributed by atoms with E-state index in [0.29, 0.717) is 28.8 Å². The van der Waals surface area contributed by atoms with Gasteiger partial charge in [0, 0.05) is 13.1 Å². The number of pyridine rings is 1. The first-order chi connectivity index (χ1) is 8.63. The number of nitrogens with two attached hydrogens (primary N) is 1. The fourth-order valence-electron chi connectivity index (χ4n) is 1.49. The zero-order valence-corrected chi connectivity index (χ0v) is 10.0. The van der Waals surface area contributed by atoms with Crippen molar-refractivity contribution in [2.75, 3.05) is 18.2 Å². The van der Waals surface area contributed by atoms with Gasteiger partial charge in [0.2, 0.25) is 5.88 Å². The monoisotopic (exact) mass is 244 g/mol. The van der Waals surface area contributed by atoms with Crippen LogP contribution in [0.1, 0.15) is 5.56 Å². The lowest BCUT2D eigenvalue weighted by molar-refractivity contribution is 0.373. The molecule has 0 fully saturated rings. The van der Waals surface area contributed by atoms with Crippen molar-refractivity contribution in [3.05, 3.63) is 23.9 Å². The topological polar surface area (TPSA) is 102 Å². The third-order valence-electron chi connectivity index (χ3n) is 2.32. The van der Waals surface area contributed by atoms with Crippen molar-refractivity contribution in [1.29, 1.82) is 5.26 Å². The van der Waals surface area contributed by atoms with Gasteiger partial charge in [0.05, 0.1) is 24.6 Å². The molecule has 0 aliphatic heterocycles. The lowest BCUT2D eigenvalue weighted by Gasteiger charge is -2.04. The molecule has 2 rings (SSSR count). The Bertz CT molecular complexity index is 612. The van der Waals surface area contributed by atoms with Crippen molar-refractivity contribution >= 4 is 17.3 Å². The molecule has 0 saturated carbocycles. The van der Waals surface area contributed by atoms with E-state index in [0.717, 1.165) is 0 Å². The van der Waals surface area contributed by atoms with Crippen LogP contribution in [0.5, 0.6) is 5.88 Å². The number of aromatic nitrogens is 3. The highest BCUT2D eigenvalue weighted by atomic mass is 16.5. The van der Waals surface area contributed by atoms with Crippen LogP contribution in [0, 0.1) is 11.3 Å². The fourth-order valence-corrected chi connectivity index (χ4v) is 1.49. The van der Waals surface area contributed by atoms with Gasteiger partial charge in [-0.3, -0.25) is 0 Å². The Morgan fingerprint density at radius 1 is 1.50 bits per heavy atom. The van der Waals surface area contributed by atoms with E-state index < -0.39 is 0 Å². The maximum atomic E-state index is 8.99. The molecule has 0 aliphatic rings. The van der Waals surface area contributed by atoms with Crippen molar-refractivity contribution in [1.82, 2.24) is 14.8 Å². The van der Waals surface area contributed by atoms with Crippen LogP contribution in [0.25, 0.3) is 0 Å². The van der Waals surface area contributed by atoms with Crippen molar-refractivity contribution in [3.8, 4) is 11.9 Å². The smallest absolute Gasteiger partial charge is 0.213 e. The van der Waals surface area contributed by atoms with Gasteiger partial charge in [-0.15, -0.1) is 0 Å². The van der Waals surface area contributed by atoms with Crippen LogP contribution in [0.4, 0.5) is 17.3 Å². The van der Waals surface area contributed by atoms with Crippen LogP contribution >= 0.6 is 0 Å². The Morgan fingerprint density at radius 3 is 2.89 bits per heavy atom. The van der Waals surface area contributed by atoms with Crippen LogP contribution in [-0.4, -0.2) is 21.9 Å². The van der Waals surface area contributed by atoms with Crippen molar-refractivity contribution < 1.29 is 4.74 Å². The van der Waals surface area contributed by atoms with Gasteiger partial charge in [0.1, 0.15) is 11.9 Å². The molecule has 0 bridgehead atoms. The number of nitrogens with zero attached hydrogens (tertiary/aromatic N) is 4. The van der Waals surface area contributed by atoms with E-state index in [1.54, 1.807) is 31.0 Å². The summed E-state index contributed by atoms with van der Waals surface area (Å²) in [5.41, 5.74) is 6.37. The van der Waals surface area contributed by atoms with Gasteiger partial charge in [-0.25, -0.2) is 9.67 Å². The molecule has 0 atom stereocenters. The molecule has 7 heteroatoms. The summed E-state index contributed by atoms with van der Waals surface area (Å²) in [5.74, 6) is 1.56. The van der Waals surface area contributed by atoms with Gasteiger partial charge in [-0.1, -0.05) is 0 Å². The average Bonchev–Trinajstić information content (AvgIpc) is 2.71. The quantitative estimate of drug-likeness (QED) is 0.835. The lowest BCUT2D eigenvalue weighted by atomic mass is 10.2. The Labute approximate surface area is 104 Å². The second kappa shape index (κ2) is 4.63. The first-order valence-electron chi connectivity index (χ1n) is 5.14. The number of ether oxygens (including phenoxy) is 1. The maximum Gasteiger partial charge on any atom is 0.213 e. The summed E-state index contributed by atoms with van der Waals surface area (Å²) in [6, 6.07) is 5.28. The predicted molar refractivity (Wildman–Crippen MR) is 66.4 cm³/mol. The van der Waals surface area contributed by atoms with Crippen molar-refractivity contribution in [3.63, 3.8) is 0 Å². The fraction of sp³-hybridized carbons (Fsp3) is 0.182. The molecule has 18 heavy (non-hydrogen) atoms. The highest BCUT2D eigenvalue weighted by molar-refractivity contribution is 5.63. The minimum Gasteiger partial charge on any atom is -0.481 e. The van der Waals surface area contributed by atoms with E-state index in [4.69, 9.17) is 15.7 Å². The van der Waals surface area contributed by atoms with Crippen molar-refractivity contribution in [2.24, 2.45) is 7.05 Å². The van der Waals surface area contributed by atoms with E-state index in [1.807, 2.05) is 6.07 Å². The Kier molecular flexibility index (Phi) is 3.02. The summed E-state index contributed by atoms with van der Waals surface area (Å²) in [4.78, 5) is 4.06. The van der Waals surface area contributed by atoms with E-state index in [-0.39, 0.29) is 0 Å². The molecule has 2 aromatic heterocycles. The third-order valence-corrected chi connectivity index (χ3v) is 2.32. The van der Waals surface area contributed by atoms with Gasteiger partial charge < -0.3 is 15.8 Å². The van der Waals surface area contributed by atoms with Gasteiger partial charge in [0.15, 0.2) is 5.82 Å². The first kappa shape index (κ1) is 11.7. The second-order valence-electron chi connectivity index (χ2n) is 3.60. The molecule has 3 N–H and O–H groups in total. The number of nitriles is 1. The number of nitrogen functional groups attached to an aromatic ring is 1. The van der Waals surface area contributed by atoms with Crippen LogP contribution in [0.15, 0.2) is 18.3 Å². The number of hydrogen-bond acceptors (Lipinski definition) is 6. The SMILES string of the molecule is COc1cc(Nc2ncc(N)cc2C#N)nn1C. The van der Waals surface area contributed by atoms with Gasteiger partial charge in [-0.2, -0.15) is 10.4 Å². The average molecular weight is 244 g/mol. The Hall–Kier alpha value is -2.75. The molecule has 0 amide bonds. The molecule has 2 aromatic rings. The largest absolute Gasteiger partial charge is 0.481 e. The van der Waals surface area contributed by atoms with Crippen LogP contribution in [0.3, 0.4) is 0 Å². The van der Waals surface area contributed by atoms with E-state index >= 15 is 0 Å². The number of methoxy groups -OCH3 is 1. The molecule has 0 aliphatic carbocycles. The molecule has 0 unspecified atom stereocenters. The number of hydrogen-bond donors (Lipinski definition) is 2. The first-order valence-corrected chi connectivity index (χ1v) is 5.14. The molecule has 0 saturated heterocycles. The Morgan fingerprint density at radius 2 is 2.28 bits per heavy atom. The lowest BCUT2D eigenvalue weighted by Crippen LogP contribution is -2.00. The standard InChI is InChI=1S/C11H12N6O/c1-17-10(18-2)4-9(16-17)15-11-7(5-12)3-8(13)6-14-11/h3-4,6H,13H2,1-2H3,(H,14,15,16). The van der Waals surface area contributed by atoms with Crippen LogP contribution < -0.4 is 15.8 Å². The summed E-state index contributed by atoms with van der Waals surface area (Å²) in [6.07, 6.45) is 1.48. The minimum atomic E-state index is 0.361. The van der Waals surface area contributed by atoms with Crippen molar-refractivity contribution in [2.45, 2.75) is 0 Å². The normalized spacial score (nSPS) is 9.83. The number of rotatable bonds is 3. The Balaban J connectivity index is 2.31. The van der Waals surface area contributed by atoms with E-state index in [9.17, 15) is 0 Å². The summed E-state index contributed by atoms with van der Waals surface area (Å²) in [6.45, 7) is 0. The highest BCUT2D eigenvalue weighted by Gasteiger charge is 2.09. The maximum absolute atomic E-state index is 8.99. The predicted octanol–water partition coefficient (Wildman–Crippen LogP) is 1.02. The molecule has 2 heterocycles. The third kappa shape index (κ3) is 2.17. The summed E-state index contributed by atoms with van der Waals surface area (Å²) in [7, 11) is 3.31. The summed E-state index contributed by atoms with van der Waals surface area (Å²) < 4.78 is 6.67. The molecule has 7 nitrogen and oxygen atoms in total. The second-order valence-corrected chi connectivity index (χ2v) is 3.60. The highest BCUT2D eigenvalue weighted by Crippen LogP contribution is 2.21. The molecular weight excluding hydrogens is 232 g/mol. The van der Waals surface area contributed by atoms with Gasteiger partial charge in [-0.05, 0) is 6.07 Å². The van der Waals surface area contributed by atoms with E-state index in [2.05, 4.69) is 15.4 Å². The molecular formula is C11H12N6O. The summed E-state index contributed by atoms with van der Waals surface area (Å²) >= 11 is 0. The van der Waals surface area contributed by atoms with Gasteiger partial charge in [0.25, 0.3) is 0 Å².